The first-order valence-electron chi connectivity index (χ1n) is 9.09. The highest BCUT2D eigenvalue weighted by Crippen LogP contribution is 2.27. The summed E-state index contributed by atoms with van der Waals surface area (Å²) in [6.45, 7) is -0.235. The second-order valence-corrected chi connectivity index (χ2v) is 6.63. The number of aromatic amines is 1. The summed E-state index contributed by atoms with van der Waals surface area (Å²) in [5.41, 5.74) is 0.365. The van der Waals surface area contributed by atoms with Gasteiger partial charge in [-0.1, -0.05) is 0 Å². The van der Waals surface area contributed by atoms with Crippen molar-refractivity contribution in [2.75, 3.05) is 5.32 Å². The van der Waals surface area contributed by atoms with Crippen LogP contribution in [0, 0.1) is 17.5 Å². The normalized spacial score (nSPS) is 10.9. The van der Waals surface area contributed by atoms with Gasteiger partial charge in [-0.15, -0.1) is 0 Å². The smallest absolute Gasteiger partial charge is 0.274 e. The average molecular weight is 428 g/mol. The van der Waals surface area contributed by atoms with E-state index in [1.807, 2.05) is 0 Å². The lowest BCUT2D eigenvalue weighted by atomic mass is 10.2. The third-order valence-corrected chi connectivity index (χ3v) is 4.52. The van der Waals surface area contributed by atoms with Crippen molar-refractivity contribution in [2.45, 2.75) is 13.2 Å². The van der Waals surface area contributed by atoms with E-state index in [1.54, 1.807) is 6.07 Å². The molecule has 0 bridgehead atoms. The number of nitrogens with zero attached hydrogens (tertiary/aromatic N) is 2. The summed E-state index contributed by atoms with van der Waals surface area (Å²) in [7, 11) is 0. The number of ether oxygens (including phenoxy) is 1. The maximum absolute atomic E-state index is 14.0. The lowest BCUT2D eigenvalue weighted by Gasteiger charge is -2.08. The molecular formula is C21H15F3N4O3. The number of anilines is 1. The van der Waals surface area contributed by atoms with E-state index < -0.39 is 23.0 Å². The van der Waals surface area contributed by atoms with E-state index in [-0.39, 0.29) is 35.7 Å². The summed E-state index contributed by atoms with van der Waals surface area (Å²) in [5, 5.41) is 2.32. The minimum atomic E-state index is -0.779. The number of amides is 1. The zero-order chi connectivity index (χ0) is 22.0. The highest BCUT2D eigenvalue weighted by Gasteiger charge is 2.14. The van der Waals surface area contributed by atoms with Gasteiger partial charge in [-0.05, 0) is 30.3 Å². The van der Waals surface area contributed by atoms with Crippen LogP contribution in [0.4, 0.5) is 18.9 Å². The van der Waals surface area contributed by atoms with Crippen LogP contribution in [0.2, 0.25) is 0 Å². The second kappa shape index (κ2) is 8.34. The van der Waals surface area contributed by atoms with Crippen molar-refractivity contribution in [2.24, 2.45) is 0 Å². The molecule has 0 aliphatic carbocycles. The number of carbonyl (C=O) groups is 1. The van der Waals surface area contributed by atoms with Crippen molar-refractivity contribution >= 4 is 23.1 Å². The highest BCUT2D eigenvalue weighted by molar-refractivity contribution is 5.82. The Balaban J connectivity index is 1.63. The number of pyridine rings is 1. The first-order valence-corrected chi connectivity index (χ1v) is 9.09. The van der Waals surface area contributed by atoms with Crippen LogP contribution in [-0.4, -0.2) is 20.9 Å². The van der Waals surface area contributed by atoms with Crippen LogP contribution in [0.25, 0.3) is 11.0 Å². The number of hydrogen-bond donors (Lipinski definition) is 2. The van der Waals surface area contributed by atoms with Crippen molar-refractivity contribution in [3.05, 3.63) is 87.9 Å². The molecule has 7 nitrogen and oxygen atoms in total. The van der Waals surface area contributed by atoms with Crippen molar-refractivity contribution < 1.29 is 22.7 Å². The maximum atomic E-state index is 14.0. The average Bonchev–Trinajstić information content (AvgIpc) is 3.12. The number of H-pyrrole nitrogens is 1. The first kappa shape index (κ1) is 20.2. The number of halogens is 3. The molecule has 2 heterocycles. The van der Waals surface area contributed by atoms with Crippen LogP contribution >= 0.6 is 0 Å². The van der Waals surface area contributed by atoms with Gasteiger partial charge in [0.2, 0.25) is 6.41 Å². The Labute approximate surface area is 173 Å². The molecule has 0 atom stereocenters. The van der Waals surface area contributed by atoms with Gasteiger partial charge >= 0.3 is 0 Å². The molecule has 0 aliphatic rings. The fourth-order valence-corrected chi connectivity index (χ4v) is 3.08. The lowest BCUT2D eigenvalue weighted by molar-refractivity contribution is -0.105. The summed E-state index contributed by atoms with van der Waals surface area (Å²) in [5.74, 6) is -1.70. The number of carbonyl (C=O) groups excluding carboxylic acids is 1. The van der Waals surface area contributed by atoms with E-state index in [1.165, 1.54) is 29.0 Å². The van der Waals surface area contributed by atoms with Crippen LogP contribution in [0.15, 0.2) is 53.5 Å². The second-order valence-electron chi connectivity index (χ2n) is 6.63. The Morgan fingerprint density at radius 3 is 2.74 bits per heavy atom. The molecule has 0 fully saturated rings. The number of aromatic nitrogens is 3. The Morgan fingerprint density at radius 1 is 1.13 bits per heavy atom. The van der Waals surface area contributed by atoms with Gasteiger partial charge in [-0.25, -0.2) is 18.2 Å². The molecule has 2 N–H and O–H groups in total. The number of hydrogen-bond acceptors (Lipinski definition) is 4. The molecule has 4 rings (SSSR count). The van der Waals surface area contributed by atoms with Gasteiger partial charge < -0.3 is 19.6 Å². The molecule has 4 aromatic rings. The number of nitrogens with one attached hydrogen (secondary N) is 2. The zero-order valence-electron chi connectivity index (χ0n) is 15.9. The van der Waals surface area contributed by atoms with Gasteiger partial charge in [-0.2, -0.15) is 0 Å². The van der Waals surface area contributed by atoms with E-state index in [4.69, 9.17) is 4.74 Å². The molecule has 2 aromatic carbocycles. The topological polar surface area (TPSA) is 89.0 Å². The Hall–Kier alpha value is -4.08. The van der Waals surface area contributed by atoms with Crippen molar-refractivity contribution in [3.8, 4) is 5.75 Å². The number of fused-ring (bicyclic) bond motifs is 1. The Kier molecular flexibility index (Phi) is 5.44. The van der Waals surface area contributed by atoms with Gasteiger partial charge in [0.1, 0.15) is 41.1 Å². The summed E-state index contributed by atoms with van der Waals surface area (Å²) < 4.78 is 47.8. The van der Waals surface area contributed by atoms with Crippen molar-refractivity contribution in [1.29, 1.82) is 0 Å². The predicted octanol–water partition coefficient (Wildman–Crippen LogP) is 3.34. The number of imidazole rings is 1. The third-order valence-electron chi connectivity index (χ3n) is 4.52. The summed E-state index contributed by atoms with van der Waals surface area (Å²) in [6.07, 6.45) is 1.92. The molecule has 0 unspecified atom stereocenters. The molecule has 0 saturated carbocycles. The Morgan fingerprint density at radius 2 is 1.97 bits per heavy atom. The molecule has 0 radical (unpaired) electrons. The van der Waals surface area contributed by atoms with Crippen LogP contribution in [-0.2, 0) is 17.9 Å². The minimum Gasteiger partial charge on any atom is -0.486 e. The van der Waals surface area contributed by atoms with Gasteiger partial charge in [0.05, 0.1) is 12.1 Å². The third kappa shape index (κ3) is 4.27. The summed E-state index contributed by atoms with van der Waals surface area (Å²) in [4.78, 5) is 30.3. The number of rotatable bonds is 7. The monoisotopic (exact) mass is 428 g/mol. The molecule has 10 heteroatoms. The predicted molar refractivity (Wildman–Crippen MR) is 106 cm³/mol. The van der Waals surface area contributed by atoms with Crippen LogP contribution < -0.4 is 15.6 Å². The van der Waals surface area contributed by atoms with E-state index in [0.717, 1.165) is 18.2 Å². The van der Waals surface area contributed by atoms with Crippen molar-refractivity contribution in [3.63, 3.8) is 0 Å². The van der Waals surface area contributed by atoms with Gasteiger partial charge in [0.25, 0.3) is 5.56 Å². The molecule has 0 spiro atoms. The standard InChI is InChI=1S/C21H15F3N4O3/c22-13-4-3-12(15(24)6-13)10-31-18-8-14(23)7-17-20(18)27-19(26-17)9-28-5-1-2-16(21(28)30)25-11-29/h1-8,11H,9-10H2,(H,25,29)(H,26,27). The highest BCUT2D eigenvalue weighted by atomic mass is 19.1. The molecule has 1 amide bonds. The SMILES string of the molecule is O=CNc1cccn(Cc2nc3c(OCc4ccc(F)cc4F)cc(F)cc3[nH]2)c1=O. The molecule has 158 valence electrons. The fourth-order valence-electron chi connectivity index (χ4n) is 3.08. The van der Waals surface area contributed by atoms with Gasteiger partial charge in [0.15, 0.2) is 5.75 Å². The largest absolute Gasteiger partial charge is 0.486 e. The maximum Gasteiger partial charge on any atom is 0.274 e. The van der Waals surface area contributed by atoms with Gasteiger partial charge in [0, 0.05) is 23.9 Å². The molecule has 0 aliphatic heterocycles. The Bertz CT molecular complexity index is 1330. The summed E-state index contributed by atoms with van der Waals surface area (Å²) in [6, 6.07) is 8.44. The zero-order valence-corrected chi connectivity index (χ0v) is 15.9. The molecule has 0 saturated heterocycles. The van der Waals surface area contributed by atoms with Crippen LogP contribution in [0.3, 0.4) is 0 Å². The quantitative estimate of drug-likeness (QED) is 0.442. The molecule has 2 aromatic heterocycles. The summed E-state index contributed by atoms with van der Waals surface area (Å²) >= 11 is 0. The number of benzene rings is 2. The van der Waals surface area contributed by atoms with E-state index in [2.05, 4.69) is 15.3 Å². The van der Waals surface area contributed by atoms with E-state index >= 15 is 0 Å². The molecular weight excluding hydrogens is 413 g/mol. The van der Waals surface area contributed by atoms with Crippen LogP contribution in [0.1, 0.15) is 11.4 Å². The van der Waals surface area contributed by atoms with Gasteiger partial charge in [-0.3, -0.25) is 9.59 Å². The fraction of sp³-hybridized carbons (Fsp3) is 0.0952. The lowest BCUT2D eigenvalue weighted by Crippen LogP contribution is -2.23. The van der Waals surface area contributed by atoms with Crippen molar-refractivity contribution in [1.82, 2.24) is 14.5 Å². The van der Waals surface area contributed by atoms with E-state index in [0.29, 0.717) is 17.8 Å². The van der Waals surface area contributed by atoms with Crippen LogP contribution in [0.5, 0.6) is 5.75 Å². The minimum absolute atomic E-state index is 0.0234. The van der Waals surface area contributed by atoms with E-state index in [9.17, 15) is 22.8 Å². The molecule has 31 heavy (non-hydrogen) atoms. The first-order chi connectivity index (χ1) is 14.9.